The maximum atomic E-state index is 12.3. The van der Waals surface area contributed by atoms with Crippen LogP contribution in [0.3, 0.4) is 0 Å². The van der Waals surface area contributed by atoms with Crippen molar-refractivity contribution in [2.75, 3.05) is 14.2 Å². The van der Waals surface area contributed by atoms with Gasteiger partial charge in [-0.25, -0.2) is 0 Å². The zero-order chi connectivity index (χ0) is 17.0. The predicted octanol–water partition coefficient (Wildman–Crippen LogP) is 2.19. The molecule has 6 nitrogen and oxygen atoms in total. The van der Waals surface area contributed by atoms with Crippen LogP contribution in [0.15, 0.2) is 35.1 Å². The normalized spacial score (nSPS) is 11.7. The van der Waals surface area contributed by atoms with E-state index in [0.717, 1.165) is 5.56 Å². The van der Waals surface area contributed by atoms with E-state index in [0.29, 0.717) is 17.2 Å². The van der Waals surface area contributed by atoms with Crippen LogP contribution in [0.5, 0.6) is 11.5 Å². The first-order chi connectivity index (χ1) is 11.0. The maximum Gasteiger partial charge on any atom is 0.260 e. The molecule has 0 saturated heterocycles. The van der Waals surface area contributed by atoms with E-state index < -0.39 is 11.5 Å². The summed E-state index contributed by atoms with van der Waals surface area (Å²) >= 11 is 0. The molecular formula is C17H20N2O4. The minimum Gasteiger partial charge on any atom is -0.497 e. The highest BCUT2D eigenvalue weighted by molar-refractivity contribution is 5.94. The van der Waals surface area contributed by atoms with Crippen molar-refractivity contribution in [3.63, 3.8) is 0 Å². The van der Waals surface area contributed by atoms with Gasteiger partial charge in [0.25, 0.3) is 11.5 Å². The second-order valence-corrected chi connectivity index (χ2v) is 5.19. The van der Waals surface area contributed by atoms with Crippen molar-refractivity contribution < 1.29 is 14.3 Å². The summed E-state index contributed by atoms with van der Waals surface area (Å²) in [4.78, 5) is 26.8. The van der Waals surface area contributed by atoms with E-state index in [-0.39, 0.29) is 11.6 Å². The second-order valence-electron chi connectivity index (χ2n) is 5.19. The maximum absolute atomic E-state index is 12.3. The lowest BCUT2D eigenvalue weighted by molar-refractivity contribution is 0.0938. The number of carbonyl (C=O) groups excluding carboxylic acids is 1. The van der Waals surface area contributed by atoms with Crippen LogP contribution in [-0.2, 0) is 0 Å². The molecular weight excluding hydrogens is 296 g/mol. The van der Waals surface area contributed by atoms with Gasteiger partial charge in [-0.15, -0.1) is 0 Å². The number of benzene rings is 1. The Bertz CT molecular complexity index is 767. The van der Waals surface area contributed by atoms with Crippen molar-refractivity contribution in [2.45, 2.75) is 19.9 Å². The van der Waals surface area contributed by atoms with Crippen molar-refractivity contribution >= 4 is 5.91 Å². The Morgan fingerprint density at radius 2 is 1.91 bits per heavy atom. The highest BCUT2D eigenvalue weighted by Gasteiger charge is 2.18. The fourth-order valence-corrected chi connectivity index (χ4v) is 2.28. The SMILES string of the molecule is COc1ccc(OC)c([C@H](C)NC(=O)c2ccc(C)[nH]c2=O)c1. The number of aromatic amines is 1. The Morgan fingerprint density at radius 1 is 1.17 bits per heavy atom. The molecule has 0 unspecified atom stereocenters. The number of H-pyrrole nitrogens is 1. The average molecular weight is 316 g/mol. The highest BCUT2D eigenvalue weighted by Crippen LogP contribution is 2.29. The highest BCUT2D eigenvalue weighted by atomic mass is 16.5. The summed E-state index contributed by atoms with van der Waals surface area (Å²) in [6, 6.07) is 8.19. The predicted molar refractivity (Wildman–Crippen MR) is 87.2 cm³/mol. The molecule has 0 radical (unpaired) electrons. The summed E-state index contributed by atoms with van der Waals surface area (Å²) in [6.07, 6.45) is 0. The fourth-order valence-electron chi connectivity index (χ4n) is 2.28. The van der Waals surface area contributed by atoms with Crippen molar-refractivity contribution in [1.82, 2.24) is 10.3 Å². The van der Waals surface area contributed by atoms with E-state index in [2.05, 4.69) is 10.3 Å². The largest absolute Gasteiger partial charge is 0.497 e. The number of amides is 1. The molecule has 1 aromatic carbocycles. The monoisotopic (exact) mass is 316 g/mol. The van der Waals surface area contributed by atoms with Gasteiger partial charge in [0.2, 0.25) is 0 Å². The number of rotatable bonds is 5. The first-order valence-electron chi connectivity index (χ1n) is 7.19. The smallest absolute Gasteiger partial charge is 0.260 e. The molecule has 1 atom stereocenters. The third-order valence-electron chi connectivity index (χ3n) is 3.55. The number of carbonyl (C=O) groups is 1. The molecule has 122 valence electrons. The second kappa shape index (κ2) is 7.00. The van der Waals surface area contributed by atoms with Crippen LogP contribution < -0.4 is 20.3 Å². The Hall–Kier alpha value is -2.76. The molecule has 0 saturated carbocycles. The molecule has 2 aromatic rings. The molecule has 0 aliphatic heterocycles. The van der Waals surface area contributed by atoms with E-state index >= 15 is 0 Å². The van der Waals surface area contributed by atoms with Crippen molar-refractivity contribution in [2.24, 2.45) is 0 Å². The van der Waals surface area contributed by atoms with Crippen LogP contribution in [0.1, 0.15) is 34.6 Å². The lowest BCUT2D eigenvalue weighted by Crippen LogP contribution is -2.31. The van der Waals surface area contributed by atoms with Gasteiger partial charge in [-0.3, -0.25) is 9.59 Å². The van der Waals surface area contributed by atoms with Crippen molar-refractivity contribution in [1.29, 1.82) is 0 Å². The molecule has 0 bridgehead atoms. The zero-order valence-electron chi connectivity index (χ0n) is 13.6. The van der Waals surface area contributed by atoms with Gasteiger partial charge in [0.1, 0.15) is 17.1 Å². The van der Waals surface area contributed by atoms with Gasteiger partial charge in [0, 0.05) is 11.3 Å². The summed E-state index contributed by atoms with van der Waals surface area (Å²) < 4.78 is 10.5. The Labute approximate surface area is 134 Å². The Kier molecular flexibility index (Phi) is 5.05. The summed E-state index contributed by atoms with van der Waals surface area (Å²) in [7, 11) is 3.13. The third-order valence-corrected chi connectivity index (χ3v) is 3.55. The topological polar surface area (TPSA) is 80.4 Å². The van der Waals surface area contributed by atoms with Crippen LogP contribution in [0, 0.1) is 6.92 Å². The van der Waals surface area contributed by atoms with Crippen LogP contribution in [-0.4, -0.2) is 25.1 Å². The molecule has 1 heterocycles. The molecule has 23 heavy (non-hydrogen) atoms. The molecule has 0 spiro atoms. The summed E-state index contributed by atoms with van der Waals surface area (Å²) in [6.45, 7) is 3.57. The minimum atomic E-state index is -0.441. The summed E-state index contributed by atoms with van der Waals surface area (Å²) in [5.41, 5.74) is 1.13. The minimum absolute atomic E-state index is 0.0734. The standard InChI is InChI=1S/C17H20N2O4/c1-10-5-7-13(16(20)18-10)17(21)19-11(2)14-9-12(22-3)6-8-15(14)23-4/h5-9,11H,1-4H3,(H,18,20)(H,19,21)/t11-/m0/s1. The lowest BCUT2D eigenvalue weighted by Gasteiger charge is -2.18. The van der Waals surface area contributed by atoms with Gasteiger partial charge in [0.15, 0.2) is 0 Å². The number of hydrogen-bond acceptors (Lipinski definition) is 4. The number of pyridine rings is 1. The molecule has 1 amide bonds. The van der Waals surface area contributed by atoms with Crippen LogP contribution in [0.25, 0.3) is 0 Å². The number of methoxy groups -OCH3 is 2. The van der Waals surface area contributed by atoms with Gasteiger partial charge >= 0.3 is 0 Å². The fraction of sp³-hybridized carbons (Fsp3) is 0.294. The number of hydrogen-bond donors (Lipinski definition) is 2. The quantitative estimate of drug-likeness (QED) is 0.886. The number of aryl methyl sites for hydroxylation is 1. The summed E-state index contributed by atoms with van der Waals surface area (Å²) in [5, 5.41) is 2.80. The first kappa shape index (κ1) is 16.6. The number of nitrogens with one attached hydrogen (secondary N) is 2. The van der Waals surface area contributed by atoms with E-state index in [1.807, 2.05) is 6.92 Å². The van der Waals surface area contributed by atoms with Gasteiger partial charge in [0.05, 0.1) is 20.3 Å². The lowest BCUT2D eigenvalue weighted by atomic mass is 10.1. The molecule has 2 rings (SSSR count). The first-order valence-corrected chi connectivity index (χ1v) is 7.19. The van der Waals surface area contributed by atoms with Gasteiger partial charge < -0.3 is 19.8 Å². The van der Waals surface area contributed by atoms with Crippen LogP contribution >= 0.6 is 0 Å². The number of ether oxygens (including phenoxy) is 2. The van der Waals surface area contributed by atoms with Gasteiger partial charge in [-0.2, -0.15) is 0 Å². The molecule has 0 aliphatic rings. The molecule has 6 heteroatoms. The van der Waals surface area contributed by atoms with E-state index in [4.69, 9.17) is 9.47 Å². The van der Waals surface area contributed by atoms with Gasteiger partial charge in [-0.05, 0) is 44.2 Å². The average Bonchev–Trinajstić information content (AvgIpc) is 2.53. The Balaban J connectivity index is 2.26. The van der Waals surface area contributed by atoms with Crippen LogP contribution in [0.2, 0.25) is 0 Å². The molecule has 1 aromatic heterocycles. The van der Waals surface area contributed by atoms with E-state index in [9.17, 15) is 9.59 Å². The zero-order valence-corrected chi connectivity index (χ0v) is 13.6. The van der Waals surface area contributed by atoms with Gasteiger partial charge in [-0.1, -0.05) is 0 Å². The van der Waals surface area contributed by atoms with E-state index in [1.54, 1.807) is 45.4 Å². The van der Waals surface area contributed by atoms with Crippen LogP contribution in [0.4, 0.5) is 0 Å². The third kappa shape index (κ3) is 3.71. The Morgan fingerprint density at radius 3 is 2.52 bits per heavy atom. The molecule has 2 N–H and O–H groups in total. The van der Waals surface area contributed by atoms with Crippen molar-refractivity contribution in [3.05, 3.63) is 57.5 Å². The molecule has 0 aliphatic carbocycles. The number of aromatic nitrogens is 1. The molecule has 0 fully saturated rings. The van der Waals surface area contributed by atoms with Crippen molar-refractivity contribution in [3.8, 4) is 11.5 Å². The summed E-state index contributed by atoms with van der Waals surface area (Å²) in [5.74, 6) is 0.857. The van der Waals surface area contributed by atoms with E-state index in [1.165, 1.54) is 6.07 Å².